The van der Waals surface area contributed by atoms with Crippen molar-refractivity contribution in [3.05, 3.63) is 33.9 Å². The number of benzene rings is 1. The normalized spacial score (nSPS) is 17.9. The first kappa shape index (κ1) is 21.0. The van der Waals surface area contributed by atoms with E-state index in [1.54, 1.807) is 15.9 Å². The maximum atomic E-state index is 13.1. The summed E-state index contributed by atoms with van der Waals surface area (Å²) < 4.78 is 0. The Morgan fingerprint density at radius 2 is 1.66 bits per heavy atom. The molecule has 29 heavy (non-hydrogen) atoms. The van der Waals surface area contributed by atoms with Crippen LogP contribution in [0.2, 0.25) is 0 Å². The van der Waals surface area contributed by atoms with Gasteiger partial charge in [-0.05, 0) is 25.3 Å². The number of carbonyl (C=O) groups excluding carboxylic acids is 2. The van der Waals surface area contributed by atoms with E-state index in [1.165, 1.54) is 18.6 Å². The molecule has 2 aliphatic heterocycles. The van der Waals surface area contributed by atoms with Gasteiger partial charge in [0, 0.05) is 71.2 Å². The van der Waals surface area contributed by atoms with E-state index in [4.69, 9.17) is 0 Å². The minimum Gasteiger partial charge on any atom is -0.377 e. The number of piperidine rings is 1. The molecule has 0 atom stereocenters. The lowest BCUT2D eigenvalue weighted by molar-refractivity contribution is -0.384. The fourth-order valence-electron chi connectivity index (χ4n) is 3.91. The summed E-state index contributed by atoms with van der Waals surface area (Å²) >= 11 is 0. The Morgan fingerprint density at radius 3 is 2.24 bits per heavy atom. The van der Waals surface area contributed by atoms with Gasteiger partial charge in [0.2, 0.25) is 5.91 Å². The molecule has 0 spiro atoms. The van der Waals surface area contributed by atoms with Crippen LogP contribution in [0.25, 0.3) is 0 Å². The average molecular weight is 403 g/mol. The number of nitro benzene ring substituents is 1. The summed E-state index contributed by atoms with van der Waals surface area (Å²) in [4.78, 5) is 43.7. The molecule has 3 rings (SSSR count). The Labute approximate surface area is 171 Å². The number of piperazine rings is 1. The topological polar surface area (TPSA) is 90.2 Å². The number of nitro groups is 1. The third kappa shape index (κ3) is 5.03. The van der Waals surface area contributed by atoms with Crippen molar-refractivity contribution in [1.82, 2.24) is 14.7 Å². The van der Waals surface area contributed by atoms with Crippen LogP contribution in [0.5, 0.6) is 0 Å². The Balaban J connectivity index is 1.62. The summed E-state index contributed by atoms with van der Waals surface area (Å²) in [6.07, 6.45) is 3.34. The second kappa shape index (κ2) is 9.21. The van der Waals surface area contributed by atoms with Crippen LogP contribution < -0.4 is 4.90 Å². The number of hydrogen-bond donors (Lipinski definition) is 0. The van der Waals surface area contributed by atoms with Crippen molar-refractivity contribution >= 4 is 23.2 Å². The Hall–Kier alpha value is -2.68. The minimum atomic E-state index is -0.486. The van der Waals surface area contributed by atoms with Crippen LogP contribution in [0, 0.1) is 10.1 Å². The zero-order valence-corrected chi connectivity index (χ0v) is 17.2. The summed E-state index contributed by atoms with van der Waals surface area (Å²) in [7, 11) is 3.62. The van der Waals surface area contributed by atoms with Crippen LogP contribution in [0.15, 0.2) is 18.2 Å². The van der Waals surface area contributed by atoms with E-state index in [-0.39, 0.29) is 17.5 Å². The number of amides is 2. The minimum absolute atomic E-state index is 0.0929. The highest BCUT2D eigenvalue weighted by Gasteiger charge is 2.27. The fourth-order valence-corrected chi connectivity index (χ4v) is 3.91. The van der Waals surface area contributed by atoms with Crippen molar-refractivity contribution in [1.29, 1.82) is 0 Å². The van der Waals surface area contributed by atoms with E-state index >= 15 is 0 Å². The highest BCUT2D eigenvalue weighted by atomic mass is 16.6. The van der Waals surface area contributed by atoms with E-state index in [0.29, 0.717) is 44.0 Å². The molecule has 2 amide bonds. The molecule has 1 aromatic rings. The summed E-state index contributed by atoms with van der Waals surface area (Å²) in [6, 6.07) is 4.37. The first-order chi connectivity index (χ1) is 13.9. The lowest BCUT2D eigenvalue weighted by Gasteiger charge is -2.36. The molecule has 0 aromatic heterocycles. The lowest BCUT2D eigenvalue weighted by Crippen LogP contribution is -2.52. The molecule has 0 saturated carbocycles. The monoisotopic (exact) mass is 403 g/mol. The quantitative estimate of drug-likeness (QED) is 0.546. The van der Waals surface area contributed by atoms with Crippen LogP contribution in [-0.4, -0.2) is 91.3 Å². The maximum Gasteiger partial charge on any atom is 0.270 e. The van der Waals surface area contributed by atoms with Gasteiger partial charge in [0.05, 0.1) is 17.0 Å². The van der Waals surface area contributed by atoms with Gasteiger partial charge in [-0.15, -0.1) is 0 Å². The zero-order valence-electron chi connectivity index (χ0n) is 17.2. The van der Waals surface area contributed by atoms with Crippen molar-refractivity contribution < 1.29 is 14.5 Å². The van der Waals surface area contributed by atoms with E-state index in [2.05, 4.69) is 4.90 Å². The van der Waals surface area contributed by atoms with Crippen molar-refractivity contribution in [2.75, 3.05) is 64.8 Å². The van der Waals surface area contributed by atoms with Gasteiger partial charge in [0.15, 0.2) is 0 Å². The predicted molar refractivity (Wildman–Crippen MR) is 110 cm³/mol. The molecule has 2 saturated heterocycles. The number of carbonyl (C=O) groups is 2. The molecule has 0 bridgehead atoms. The van der Waals surface area contributed by atoms with E-state index in [1.807, 2.05) is 19.0 Å². The predicted octanol–water partition coefficient (Wildman–Crippen LogP) is 1.43. The number of non-ortho nitro benzene ring substituents is 1. The molecule has 2 fully saturated rings. The van der Waals surface area contributed by atoms with Gasteiger partial charge in [-0.25, -0.2) is 0 Å². The standard InChI is InChI=1S/C20H29N5O4/c1-21(2)18-7-6-16(25(28)29)14-17(18)20(27)24-12-10-22(11-13-24)15-19(26)23-8-4-3-5-9-23/h6-7,14H,3-5,8-13,15H2,1-2H3. The molecule has 1 aromatic carbocycles. The molecule has 0 aliphatic carbocycles. The summed E-state index contributed by atoms with van der Waals surface area (Å²) in [6.45, 7) is 4.33. The molecule has 2 heterocycles. The molecular weight excluding hydrogens is 374 g/mol. The van der Waals surface area contributed by atoms with Crippen molar-refractivity contribution in [2.45, 2.75) is 19.3 Å². The molecular formula is C20H29N5O4. The number of nitrogens with zero attached hydrogens (tertiary/aromatic N) is 5. The molecule has 9 nitrogen and oxygen atoms in total. The highest BCUT2D eigenvalue weighted by Crippen LogP contribution is 2.26. The molecule has 2 aliphatic rings. The van der Waals surface area contributed by atoms with Crippen molar-refractivity contribution in [3.8, 4) is 0 Å². The average Bonchev–Trinajstić information content (AvgIpc) is 2.73. The SMILES string of the molecule is CN(C)c1ccc([N+](=O)[O-])cc1C(=O)N1CCN(CC(=O)N2CCCCC2)CC1. The van der Waals surface area contributed by atoms with E-state index in [9.17, 15) is 19.7 Å². The van der Waals surface area contributed by atoms with E-state index in [0.717, 1.165) is 25.9 Å². The highest BCUT2D eigenvalue weighted by molar-refractivity contribution is 6.00. The maximum absolute atomic E-state index is 13.1. The molecule has 0 radical (unpaired) electrons. The fraction of sp³-hybridized carbons (Fsp3) is 0.600. The lowest BCUT2D eigenvalue weighted by atomic mass is 10.1. The molecule has 0 N–H and O–H groups in total. The van der Waals surface area contributed by atoms with Crippen LogP contribution in [0.3, 0.4) is 0 Å². The van der Waals surface area contributed by atoms with Crippen LogP contribution in [-0.2, 0) is 4.79 Å². The summed E-state index contributed by atoms with van der Waals surface area (Å²) in [5, 5.41) is 11.1. The van der Waals surface area contributed by atoms with Gasteiger partial charge in [-0.3, -0.25) is 24.6 Å². The molecule has 0 unspecified atom stereocenters. The van der Waals surface area contributed by atoms with Gasteiger partial charge in [0.25, 0.3) is 11.6 Å². The summed E-state index contributed by atoms with van der Waals surface area (Å²) in [5.74, 6) is -0.0440. The van der Waals surface area contributed by atoms with Gasteiger partial charge in [0.1, 0.15) is 0 Å². The molecule has 158 valence electrons. The largest absolute Gasteiger partial charge is 0.377 e. The summed E-state index contributed by atoms with van der Waals surface area (Å²) in [5.41, 5.74) is 0.898. The number of hydrogen-bond acceptors (Lipinski definition) is 6. The molecule has 9 heteroatoms. The van der Waals surface area contributed by atoms with Crippen LogP contribution in [0.1, 0.15) is 29.6 Å². The van der Waals surface area contributed by atoms with Gasteiger partial charge < -0.3 is 14.7 Å². The van der Waals surface area contributed by atoms with Gasteiger partial charge in [-0.2, -0.15) is 0 Å². The van der Waals surface area contributed by atoms with Crippen molar-refractivity contribution in [2.24, 2.45) is 0 Å². The Morgan fingerprint density at radius 1 is 1.00 bits per heavy atom. The van der Waals surface area contributed by atoms with Gasteiger partial charge >= 0.3 is 0 Å². The third-order valence-electron chi connectivity index (χ3n) is 5.63. The second-order valence-electron chi connectivity index (χ2n) is 7.86. The zero-order chi connectivity index (χ0) is 21.0. The van der Waals surface area contributed by atoms with Gasteiger partial charge in [-0.1, -0.05) is 0 Å². The second-order valence-corrected chi connectivity index (χ2v) is 7.86. The first-order valence-electron chi connectivity index (χ1n) is 10.1. The van der Waals surface area contributed by atoms with Crippen molar-refractivity contribution in [3.63, 3.8) is 0 Å². The smallest absolute Gasteiger partial charge is 0.270 e. The number of anilines is 1. The first-order valence-corrected chi connectivity index (χ1v) is 10.1. The van der Waals surface area contributed by atoms with Crippen LogP contribution in [0.4, 0.5) is 11.4 Å². The van der Waals surface area contributed by atoms with E-state index < -0.39 is 4.92 Å². The number of likely N-dealkylation sites (tertiary alicyclic amines) is 1. The number of rotatable bonds is 5. The van der Waals surface area contributed by atoms with Crippen LogP contribution >= 0.6 is 0 Å². The Bertz CT molecular complexity index is 768. The Kier molecular flexibility index (Phi) is 6.68. The third-order valence-corrected chi connectivity index (χ3v) is 5.63.